The molecule has 1 aromatic carbocycles. The van der Waals surface area contributed by atoms with Gasteiger partial charge in [0.1, 0.15) is 0 Å². The number of amides is 2. The van der Waals surface area contributed by atoms with Crippen molar-refractivity contribution in [2.45, 2.75) is 53.0 Å². The van der Waals surface area contributed by atoms with Crippen molar-refractivity contribution in [1.29, 1.82) is 0 Å². The molecule has 22 heavy (non-hydrogen) atoms. The third-order valence-electron chi connectivity index (χ3n) is 5.15. The maximum absolute atomic E-state index is 12.4. The van der Waals surface area contributed by atoms with E-state index in [9.17, 15) is 9.59 Å². The molecule has 1 aliphatic rings. The smallest absolute Gasteiger partial charge is 0.261 e. The molecule has 0 saturated heterocycles. The van der Waals surface area contributed by atoms with Gasteiger partial charge in [-0.05, 0) is 12.1 Å². The zero-order valence-electron chi connectivity index (χ0n) is 15.0. The van der Waals surface area contributed by atoms with Crippen molar-refractivity contribution >= 4 is 27.0 Å². The van der Waals surface area contributed by atoms with Crippen molar-refractivity contribution in [3.63, 3.8) is 0 Å². The highest BCUT2D eigenvalue weighted by molar-refractivity contribution is 7.40. The van der Waals surface area contributed by atoms with Gasteiger partial charge < -0.3 is 0 Å². The lowest BCUT2D eigenvalue weighted by Gasteiger charge is -2.39. The highest BCUT2D eigenvalue weighted by Gasteiger charge is 2.45. The van der Waals surface area contributed by atoms with Crippen LogP contribution in [0.4, 0.5) is 0 Å². The fourth-order valence-corrected chi connectivity index (χ4v) is 9.56. The van der Waals surface area contributed by atoms with Crippen molar-refractivity contribution in [3.05, 3.63) is 35.4 Å². The van der Waals surface area contributed by atoms with Crippen LogP contribution >= 0.6 is 0 Å². The van der Waals surface area contributed by atoms with Gasteiger partial charge in [-0.2, -0.15) is 0 Å². The predicted molar refractivity (Wildman–Crippen MR) is 98.6 cm³/mol. The molecule has 3 nitrogen and oxygen atoms in total. The Morgan fingerprint density at radius 3 is 1.64 bits per heavy atom. The van der Waals surface area contributed by atoms with Crippen molar-refractivity contribution in [2.75, 3.05) is 6.17 Å². The molecular formula is C17H29NO2Si2. The lowest BCUT2D eigenvalue weighted by atomic mass is 10.1. The quantitative estimate of drug-likeness (QED) is 0.605. The number of carbonyl (C=O) groups excluding carboxylic acids is 2. The summed E-state index contributed by atoms with van der Waals surface area (Å²) in [5.41, 5.74) is 1.14. The van der Waals surface area contributed by atoms with E-state index in [0.29, 0.717) is 17.3 Å². The van der Waals surface area contributed by atoms with Crippen LogP contribution in [-0.4, -0.2) is 38.1 Å². The summed E-state index contributed by atoms with van der Waals surface area (Å²) in [6, 6.07) is 8.36. The molecular weight excluding hydrogens is 306 g/mol. The standard InChI is InChI=1S/C15H23NO2Si2.C2H6/c1-6-19(2,3)20(4,5)11-16-14(17)12-9-7-8-10-13(12)15(16)18;1-2/h7-10H,6,11H2,1-5H3;1-2H3. The highest BCUT2D eigenvalue weighted by atomic mass is 29.3. The second kappa shape index (κ2) is 6.92. The minimum absolute atomic E-state index is 0.105. The van der Waals surface area contributed by atoms with Gasteiger partial charge in [0.05, 0.1) is 18.7 Å². The van der Waals surface area contributed by atoms with E-state index in [-0.39, 0.29) is 11.8 Å². The Bertz CT molecular complexity index is 533. The highest BCUT2D eigenvalue weighted by Crippen LogP contribution is 2.28. The molecule has 0 N–H and O–H groups in total. The molecule has 5 heteroatoms. The second-order valence-electron chi connectivity index (χ2n) is 6.86. The summed E-state index contributed by atoms with van der Waals surface area (Å²) >= 11 is 0. The summed E-state index contributed by atoms with van der Waals surface area (Å²) in [7, 11) is -2.94. The molecule has 0 aromatic heterocycles. The molecule has 0 spiro atoms. The molecule has 1 aromatic rings. The molecule has 1 aliphatic heterocycles. The van der Waals surface area contributed by atoms with E-state index in [0.717, 1.165) is 0 Å². The first-order chi connectivity index (χ1) is 10.2. The van der Waals surface area contributed by atoms with Gasteiger partial charge in [0.2, 0.25) is 0 Å². The number of nitrogens with zero attached hydrogens (tertiary/aromatic N) is 1. The van der Waals surface area contributed by atoms with Crippen molar-refractivity contribution in [1.82, 2.24) is 4.90 Å². The summed E-state index contributed by atoms with van der Waals surface area (Å²) in [4.78, 5) is 26.4. The van der Waals surface area contributed by atoms with E-state index < -0.39 is 15.2 Å². The normalized spacial score (nSPS) is 14.6. The first-order valence-electron chi connectivity index (χ1n) is 8.16. The van der Waals surface area contributed by atoms with E-state index in [2.05, 4.69) is 33.1 Å². The minimum atomic E-state index is -1.60. The molecule has 122 valence electrons. The SMILES string of the molecule is CC.CC[Si](C)(C)[Si](C)(C)CN1C(=O)c2ccccc2C1=O. The fourth-order valence-electron chi connectivity index (χ4n) is 2.47. The average molecular weight is 336 g/mol. The van der Waals surface area contributed by atoms with Gasteiger partial charge in [0.15, 0.2) is 0 Å². The molecule has 2 rings (SSSR count). The van der Waals surface area contributed by atoms with Crippen LogP contribution in [0.1, 0.15) is 41.5 Å². The van der Waals surface area contributed by atoms with Gasteiger partial charge >= 0.3 is 0 Å². The fraction of sp³-hybridized carbons (Fsp3) is 0.529. The number of benzene rings is 1. The molecule has 0 aliphatic carbocycles. The largest absolute Gasteiger partial charge is 0.278 e. The predicted octanol–water partition coefficient (Wildman–Crippen LogP) is 4.36. The lowest BCUT2D eigenvalue weighted by Crippen LogP contribution is -2.61. The van der Waals surface area contributed by atoms with Crippen LogP contribution in [0.25, 0.3) is 0 Å². The van der Waals surface area contributed by atoms with E-state index in [1.165, 1.54) is 10.9 Å². The molecule has 0 bridgehead atoms. The summed E-state index contributed by atoms with van der Waals surface area (Å²) in [6.45, 7) is 15.7. The van der Waals surface area contributed by atoms with Crippen molar-refractivity contribution in [3.8, 4) is 0 Å². The number of hydrogen-bond acceptors (Lipinski definition) is 2. The first-order valence-corrected chi connectivity index (χ1v) is 15.6. The Morgan fingerprint density at radius 2 is 1.27 bits per heavy atom. The van der Waals surface area contributed by atoms with Gasteiger partial charge in [-0.15, -0.1) is 0 Å². The monoisotopic (exact) mass is 335 g/mol. The summed E-state index contributed by atoms with van der Waals surface area (Å²) < 4.78 is 0. The van der Waals surface area contributed by atoms with Gasteiger partial charge in [-0.3, -0.25) is 14.5 Å². The minimum Gasteiger partial charge on any atom is -0.278 e. The van der Waals surface area contributed by atoms with Crippen molar-refractivity contribution < 1.29 is 9.59 Å². The Hall–Kier alpha value is -1.21. The van der Waals surface area contributed by atoms with Crippen LogP contribution in [0.3, 0.4) is 0 Å². The Morgan fingerprint density at radius 1 is 0.864 bits per heavy atom. The molecule has 1 heterocycles. The molecule has 0 unspecified atom stereocenters. The van der Waals surface area contributed by atoms with E-state index in [1.54, 1.807) is 12.1 Å². The van der Waals surface area contributed by atoms with Crippen LogP contribution in [0, 0.1) is 0 Å². The number of carbonyl (C=O) groups is 2. The van der Waals surface area contributed by atoms with E-state index in [4.69, 9.17) is 0 Å². The third-order valence-corrected chi connectivity index (χ3v) is 24.2. The van der Waals surface area contributed by atoms with E-state index >= 15 is 0 Å². The Kier molecular flexibility index (Phi) is 5.92. The van der Waals surface area contributed by atoms with Crippen molar-refractivity contribution in [2.24, 2.45) is 0 Å². The van der Waals surface area contributed by atoms with E-state index in [1.807, 2.05) is 26.0 Å². The number of hydrogen-bond donors (Lipinski definition) is 0. The number of imide groups is 1. The van der Waals surface area contributed by atoms with Gasteiger partial charge in [0, 0.05) is 13.8 Å². The van der Waals surface area contributed by atoms with Gasteiger partial charge in [-0.25, -0.2) is 0 Å². The Labute approximate surface area is 136 Å². The van der Waals surface area contributed by atoms with Crippen LogP contribution in [0.2, 0.25) is 32.2 Å². The van der Waals surface area contributed by atoms with Gasteiger partial charge in [0.25, 0.3) is 11.8 Å². The average Bonchev–Trinajstić information content (AvgIpc) is 2.74. The second-order valence-corrected chi connectivity index (χ2v) is 23.5. The van der Waals surface area contributed by atoms with Crippen LogP contribution in [-0.2, 0) is 0 Å². The maximum atomic E-state index is 12.4. The summed E-state index contributed by atoms with van der Waals surface area (Å²) in [5, 5.41) is 0. The molecule has 0 saturated carbocycles. The third kappa shape index (κ3) is 3.25. The summed E-state index contributed by atoms with van der Waals surface area (Å²) in [5.74, 6) is -0.209. The van der Waals surface area contributed by atoms with Crippen LogP contribution in [0.15, 0.2) is 24.3 Å². The molecule has 0 fully saturated rings. The summed E-state index contributed by atoms with van der Waals surface area (Å²) in [6.07, 6.45) is 0.659. The van der Waals surface area contributed by atoms with Crippen LogP contribution < -0.4 is 0 Å². The molecule has 2 amide bonds. The number of rotatable bonds is 4. The number of fused-ring (bicyclic) bond motifs is 1. The van der Waals surface area contributed by atoms with Crippen LogP contribution in [0.5, 0.6) is 0 Å². The zero-order chi connectivity index (χ0) is 17.1. The zero-order valence-corrected chi connectivity index (χ0v) is 17.0. The maximum Gasteiger partial charge on any atom is 0.261 e. The first kappa shape index (κ1) is 18.8. The lowest BCUT2D eigenvalue weighted by molar-refractivity contribution is 0.0679. The topological polar surface area (TPSA) is 37.4 Å². The Balaban J connectivity index is 0.00000116. The molecule has 0 radical (unpaired) electrons. The molecule has 0 atom stereocenters. The van der Waals surface area contributed by atoms with Gasteiger partial charge in [-0.1, -0.05) is 65.1 Å².